The van der Waals surface area contributed by atoms with Crippen molar-refractivity contribution in [3.63, 3.8) is 0 Å². The molecule has 10 heavy (non-hydrogen) atoms. The molecule has 0 radical (unpaired) electrons. The Balaban J connectivity index is 0. The minimum absolute atomic E-state index is 0.0367. The van der Waals surface area contributed by atoms with Crippen LogP contribution >= 0.6 is 23.2 Å². The van der Waals surface area contributed by atoms with Gasteiger partial charge in [-0.2, -0.15) is 0 Å². The molecular formula is C6H15Cl2NO. The highest BCUT2D eigenvalue weighted by Crippen LogP contribution is 1.94. The summed E-state index contributed by atoms with van der Waals surface area (Å²) < 4.78 is 0. The molecule has 64 valence electrons. The van der Waals surface area contributed by atoms with Crippen LogP contribution in [0.5, 0.6) is 0 Å². The summed E-state index contributed by atoms with van der Waals surface area (Å²) in [5.74, 6) is 0.318. The topological polar surface area (TPSA) is 23.5 Å². The number of hydrogen-bond acceptors (Lipinski definition) is 2. The van der Waals surface area contributed by atoms with Crippen LogP contribution in [-0.4, -0.2) is 49.0 Å². The van der Waals surface area contributed by atoms with Crippen LogP contribution < -0.4 is 0 Å². The van der Waals surface area contributed by atoms with Crippen molar-refractivity contribution in [2.75, 3.05) is 33.6 Å². The second-order valence-electron chi connectivity index (χ2n) is 2.28. The molecule has 4 heteroatoms. The molecule has 0 fully saturated rings. The first-order chi connectivity index (χ1) is 4.54. The van der Waals surface area contributed by atoms with Gasteiger partial charge in [0.15, 0.2) is 0 Å². The van der Waals surface area contributed by atoms with E-state index in [0.717, 1.165) is 0 Å². The summed E-state index contributed by atoms with van der Waals surface area (Å²) in [4.78, 5) is 2.00. The van der Waals surface area contributed by atoms with Crippen LogP contribution in [0.1, 0.15) is 0 Å². The molecule has 0 rings (SSSR count). The molecule has 0 saturated carbocycles. The van der Waals surface area contributed by atoms with E-state index in [1.54, 1.807) is 0 Å². The van der Waals surface area contributed by atoms with Gasteiger partial charge in [-0.25, -0.2) is 0 Å². The molecular weight excluding hydrogens is 173 g/mol. The van der Waals surface area contributed by atoms with E-state index in [0.29, 0.717) is 5.88 Å². The Hall–Kier alpha value is 0.500. The first kappa shape index (κ1) is 13.1. The monoisotopic (exact) mass is 187 g/mol. The number of aliphatic hydroxyl groups excluding tert-OH is 1. The molecule has 0 amide bonds. The van der Waals surface area contributed by atoms with Gasteiger partial charge in [-0.1, -0.05) is 0 Å². The first-order valence-electron chi connectivity index (χ1n) is 2.96. The van der Waals surface area contributed by atoms with Gasteiger partial charge in [-0.05, 0) is 21.1 Å². The maximum atomic E-state index is 8.12. The largest absolute Gasteiger partial charge is 0.395 e. The van der Waals surface area contributed by atoms with Crippen LogP contribution in [0.25, 0.3) is 0 Å². The summed E-state index contributed by atoms with van der Waals surface area (Å²) in [6.45, 7) is -0.0367. The Morgan fingerprint density at radius 2 is 1.70 bits per heavy atom. The predicted octanol–water partition coefficient (Wildman–Crippen LogP) is 1.00. The van der Waals surface area contributed by atoms with Gasteiger partial charge >= 0.3 is 0 Å². The third kappa shape index (κ3) is 23.6. The Kier molecular flexibility index (Phi) is 12.5. The number of aliphatic hydroxyl groups is 1. The zero-order valence-corrected chi connectivity index (χ0v) is 8.15. The SMILES string of the molecule is CN(C)C.OCC(Cl)CCl. The van der Waals surface area contributed by atoms with E-state index >= 15 is 0 Å². The molecule has 0 aliphatic rings. The molecule has 2 nitrogen and oxygen atoms in total. The Morgan fingerprint density at radius 1 is 1.40 bits per heavy atom. The summed E-state index contributed by atoms with van der Waals surface area (Å²) in [7, 11) is 6.00. The fraction of sp³-hybridized carbons (Fsp3) is 1.00. The van der Waals surface area contributed by atoms with Crippen molar-refractivity contribution in [1.82, 2.24) is 4.90 Å². The minimum atomic E-state index is -0.272. The second-order valence-corrected chi connectivity index (χ2v) is 3.20. The third-order valence-electron chi connectivity index (χ3n) is 0.366. The van der Waals surface area contributed by atoms with E-state index in [4.69, 9.17) is 28.3 Å². The van der Waals surface area contributed by atoms with Gasteiger partial charge < -0.3 is 10.0 Å². The summed E-state index contributed by atoms with van der Waals surface area (Å²) in [6, 6.07) is 0. The van der Waals surface area contributed by atoms with Crippen molar-refractivity contribution in [3.05, 3.63) is 0 Å². The van der Waals surface area contributed by atoms with E-state index in [9.17, 15) is 0 Å². The normalized spacial score (nSPS) is 12.3. The van der Waals surface area contributed by atoms with Gasteiger partial charge in [0.1, 0.15) is 0 Å². The Morgan fingerprint density at radius 3 is 1.70 bits per heavy atom. The van der Waals surface area contributed by atoms with Gasteiger partial charge in [0, 0.05) is 5.88 Å². The molecule has 0 spiro atoms. The van der Waals surface area contributed by atoms with Crippen LogP contribution in [0.15, 0.2) is 0 Å². The van der Waals surface area contributed by atoms with Crippen molar-refractivity contribution in [3.8, 4) is 0 Å². The van der Waals surface area contributed by atoms with Crippen molar-refractivity contribution in [1.29, 1.82) is 0 Å². The average Bonchev–Trinajstić information content (AvgIpc) is 1.85. The van der Waals surface area contributed by atoms with E-state index in [1.807, 2.05) is 26.0 Å². The lowest BCUT2D eigenvalue weighted by Crippen LogP contribution is -2.04. The predicted molar refractivity (Wildman–Crippen MR) is 47.1 cm³/mol. The van der Waals surface area contributed by atoms with Gasteiger partial charge in [0.25, 0.3) is 0 Å². The van der Waals surface area contributed by atoms with Crippen molar-refractivity contribution >= 4 is 23.2 Å². The molecule has 0 saturated heterocycles. The molecule has 0 bridgehead atoms. The summed E-state index contributed by atoms with van der Waals surface area (Å²) >= 11 is 10.4. The summed E-state index contributed by atoms with van der Waals surface area (Å²) in [6.07, 6.45) is 0. The standard InChI is InChI=1S/C3H6Cl2O.C3H9N/c4-1-3(5)2-6;1-4(2)3/h3,6H,1-2H2;1-3H3. The Bertz CT molecular complexity index is 55.0. The second kappa shape index (κ2) is 9.50. The number of alkyl halides is 2. The molecule has 0 aromatic carbocycles. The molecule has 0 aliphatic heterocycles. The van der Waals surface area contributed by atoms with Crippen LogP contribution in [0.3, 0.4) is 0 Å². The van der Waals surface area contributed by atoms with Crippen LogP contribution in [0, 0.1) is 0 Å². The molecule has 1 atom stereocenters. The van der Waals surface area contributed by atoms with Gasteiger partial charge in [-0.15, -0.1) is 23.2 Å². The molecule has 1 unspecified atom stereocenters. The maximum absolute atomic E-state index is 8.12. The maximum Gasteiger partial charge on any atom is 0.0702 e. The number of nitrogens with zero attached hydrogens (tertiary/aromatic N) is 1. The van der Waals surface area contributed by atoms with E-state index in [1.165, 1.54) is 0 Å². The zero-order valence-electron chi connectivity index (χ0n) is 6.64. The lowest BCUT2D eigenvalue weighted by atomic mass is 10.5. The molecule has 0 aliphatic carbocycles. The number of hydrogen-bond donors (Lipinski definition) is 1. The van der Waals surface area contributed by atoms with E-state index in [2.05, 4.69) is 0 Å². The fourth-order valence-corrected chi connectivity index (χ4v) is 0.146. The summed E-state index contributed by atoms with van der Waals surface area (Å²) in [5, 5.41) is 7.85. The lowest BCUT2D eigenvalue weighted by molar-refractivity contribution is 0.299. The zero-order chi connectivity index (χ0) is 8.57. The first-order valence-corrected chi connectivity index (χ1v) is 3.93. The molecule has 0 heterocycles. The average molecular weight is 188 g/mol. The van der Waals surface area contributed by atoms with E-state index < -0.39 is 0 Å². The van der Waals surface area contributed by atoms with E-state index in [-0.39, 0.29) is 12.0 Å². The van der Waals surface area contributed by atoms with Crippen molar-refractivity contribution in [2.45, 2.75) is 5.38 Å². The molecule has 0 aromatic rings. The lowest BCUT2D eigenvalue weighted by Gasteiger charge is -1.93. The van der Waals surface area contributed by atoms with Crippen molar-refractivity contribution in [2.24, 2.45) is 0 Å². The smallest absolute Gasteiger partial charge is 0.0702 e. The number of halogens is 2. The van der Waals surface area contributed by atoms with Gasteiger partial charge in [0.05, 0.1) is 12.0 Å². The fourth-order valence-electron chi connectivity index (χ4n) is 0.0488. The van der Waals surface area contributed by atoms with Gasteiger partial charge in [-0.3, -0.25) is 0 Å². The molecule has 1 N–H and O–H groups in total. The van der Waals surface area contributed by atoms with Crippen molar-refractivity contribution < 1.29 is 5.11 Å². The highest BCUT2D eigenvalue weighted by molar-refractivity contribution is 6.28. The quantitative estimate of drug-likeness (QED) is 0.653. The Labute approximate surface area is 72.7 Å². The minimum Gasteiger partial charge on any atom is -0.395 e. The van der Waals surface area contributed by atoms with Gasteiger partial charge in [0.2, 0.25) is 0 Å². The third-order valence-corrected chi connectivity index (χ3v) is 1.19. The van der Waals surface area contributed by atoms with Crippen LogP contribution in [0.4, 0.5) is 0 Å². The van der Waals surface area contributed by atoms with Crippen LogP contribution in [-0.2, 0) is 0 Å². The highest BCUT2D eigenvalue weighted by Gasteiger charge is 1.95. The van der Waals surface area contributed by atoms with Crippen LogP contribution in [0.2, 0.25) is 0 Å². The number of rotatable bonds is 2. The highest BCUT2D eigenvalue weighted by atomic mass is 35.5. The summed E-state index contributed by atoms with van der Waals surface area (Å²) in [5.41, 5.74) is 0. The molecule has 0 aromatic heterocycles.